The Labute approximate surface area is 105 Å². The maximum Gasteiger partial charge on any atom is 0.234 e. The van der Waals surface area contributed by atoms with E-state index < -0.39 is 9.84 Å². The predicted octanol–water partition coefficient (Wildman–Crippen LogP) is 0.786. The van der Waals surface area contributed by atoms with Crippen molar-refractivity contribution in [3.05, 3.63) is 24.3 Å². The minimum absolute atomic E-state index is 0.103. The molecule has 18 heavy (non-hydrogen) atoms. The molecule has 0 radical (unpaired) electrons. The standard InChI is InChI=1S/C12H13NO4S/c1-9(14)8-12(15)13-6-7-18(16,17)11-5-3-2-4-10(11)13/h2-5H,6-8H2,1H3. The Balaban J connectivity index is 2.43. The van der Waals surface area contributed by atoms with Crippen LogP contribution in [0.5, 0.6) is 0 Å². The molecule has 1 aliphatic rings. The van der Waals surface area contributed by atoms with Gasteiger partial charge in [0.2, 0.25) is 5.91 Å². The summed E-state index contributed by atoms with van der Waals surface area (Å²) in [4.78, 5) is 24.4. The van der Waals surface area contributed by atoms with E-state index in [1.54, 1.807) is 18.2 Å². The molecule has 0 bridgehead atoms. The van der Waals surface area contributed by atoms with Crippen LogP contribution < -0.4 is 4.90 Å². The number of rotatable bonds is 2. The van der Waals surface area contributed by atoms with Gasteiger partial charge in [0.25, 0.3) is 0 Å². The molecule has 1 aromatic carbocycles. The zero-order valence-corrected chi connectivity index (χ0v) is 10.7. The summed E-state index contributed by atoms with van der Waals surface area (Å²) >= 11 is 0. The maximum absolute atomic E-state index is 11.9. The van der Waals surface area contributed by atoms with E-state index in [1.165, 1.54) is 17.9 Å². The summed E-state index contributed by atoms with van der Waals surface area (Å²) in [5.74, 6) is -0.691. The van der Waals surface area contributed by atoms with Gasteiger partial charge in [-0.05, 0) is 19.1 Å². The Bertz CT molecular complexity index is 606. The second-order valence-electron chi connectivity index (χ2n) is 4.21. The molecule has 5 nitrogen and oxygen atoms in total. The van der Waals surface area contributed by atoms with Crippen molar-refractivity contribution in [2.45, 2.75) is 18.2 Å². The molecular formula is C12H13NO4S. The lowest BCUT2D eigenvalue weighted by molar-refractivity contribution is -0.125. The third kappa shape index (κ3) is 2.28. The number of nitrogens with zero attached hydrogens (tertiary/aromatic N) is 1. The first kappa shape index (κ1) is 12.8. The molecule has 0 unspecified atom stereocenters. The molecule has 0 atom stereocenters. The van der Waals surface area contributed by atoms with Crippen LogP contribution in [-0.2, 0) is 19.4 Å². The second-order valence-corrected chi connectivity index (χ2v) is 6.29. The van der Waals surface area contributed by atoms with E-state index in [1.807, 2.05) is 0 Å². The Hall–Kier alpha value is -1.69. The first-order chi connectivity index (χ1) is 8.42. The molecule has 1 amide bonds. The molecule has 96 valence electrons. The lowest BCUT2D eigenvalue weighted by Gasteiger charge is -2.28. The zero-order chi connectivity index (χ0) is 13.3. The van der Waals surface area contributed by atoms with Crippen molar-refractivity contribution in [2.24, 2.45) is 0 Å². The summed E-state index contributed by atoms with van der Waals surface area (Å²) in [5.41, 5.74) is 0.370. The van der Waals surface area contributed by atoms with Gasteiger partial charge in [-0.15, -0.1) is 0 Å². The highest BCUT2D eigenvalue weighted by Crippen LogP contribution is 2.30. The van der Waals surface area contributed by atoms with Crippen molar-refractivity contribution in [3.63, 3.8) is 0 Å². The van der Waals surface area contributed by atoms with Crippen LogP contribution in [0, 0.1) is 0 Å². The molecule has 0 aromatic heterocycles. The van der Waals surface area contributed by atoms with Crippen LogP contribution in [0.15, 0.2) is 29.2 Å². The van der Waals surface area contributed by atoms with Gasteiger partial charge in [0.15, 0.2) is 9.84 Å². The van der Waals surface area contributed by atoms with Crippen molar-refractivity contribution in [1.29, 1.82) is 0 Å². The third-order valence-corrected chi connectivity index (χ3v) is 4.51. The van der Waals surface area contributed by atoms with Crippen molar-refractivity contribution in [3.8, 4) is 0 Å². The van der Waals surface area contributed by atoms with Crippen LogP contribution in [0.4, 0.5) is 5.69 Å². The monoisotopic (exact) mass is 267 g/mol. The first-order valence-electron chi connectivity index (χ1n) is 5.53. The Morgan fingerprint density at radius 3 is 2.61 bits per heavy atom. The third-order valence-electron chi connectivity index (χ3n) is 2.78. The van der Waals surface area contributed by atoms with E-state index in [0.29, 0.717) is 5.69 Å². The van der Waals surface area contributed by atoms with Crippen LogP contribution >= 0.6 is 0 Å². The van der Waals surface area contributed by atoms with E-state index in [-0.39, 0.29) is 35.3 Å². The molecule has 2 rings (SSSR count). The number of hydrogen-bond donors (Lipinski definition) is 0. The van der Waals surface area contributed by atoms with E-state index >= 15 is 0 Å². The molecule has 1 heterocycles. The lowest BCUT2D eigenvalue weighted by Crippen LogP contribution is -2.40. The quantitative estimate of drug-likeness (QED) is 0.743. The number of carbonyl (C=O) groups excluding carboxylic acids is 2. The van der Waals surface area contributed by atoms with Gasteiger partial charge in [-0.2, -0.15) is 0 Å². The molecular weight excluding hydrogens is 254 g/mol. The van der Waals surface area contributed by atoms with Crippen molar-refractivity contribution < 1.29 is 18.0 Å². The molecule has 0 saturated carbocycles. The first-order valence-corrected chi connectivity index (χ1v) is 7.18. The summed E-state index contributed by atoms with van der Waals surface area (Å²) in [6, 6.07) is 6.37. The normalized spacial score (nSPS) is 17.1. The predicted molar refractivity (Wildman–Crippen MR) is 66.1 cm³/mol. The highest BCUT2D eigenvalue weighted by atomic mass is 32.2. The maximum atomic E-state index is 11.9. The molecule has 0 spiro atoms. The average Bonchev–Trinajstić information content (AvgIpc) is 2.28. The van der Waals surface area contributed by atoms with Gasteiger partial charge in [0.1, 0.15) is 5.78 Å². The van der Waals surface area contributed by atoms with Gasteiger partial charge in [-0.3, -0.25) is 9.59 Å². The van der Waals surface area contributed by atoms with Crippen molar-refractivity contribution in [2.75, 3.05) is 17.2 Å². The minimum Gasteiger partial charge on any atom is -0.310 e. The number of anilines is 1. The lowest BCUT2D eigenvalue weighted by atomic mass is 10.2. The van der Waals surface area contributed by atoms with E-state index in [2.05, 4.69) is 0 Å². The van der Waals surface area contributed by atoms with Gasteiger partial charge >= 0.3 is 0 Å². The minimum atomic E-state index is -3.32. The average molecular weight is 267 g/mol. The molecule has 1 aromatic rings. The largest absolute Gasteiger partial charge is 0.310 e. The van der Waals surface area contributed by atoms with E-state index in [4.69, 9.17) is 0 Å². The van der Waals surface area contributed by atoms with Crippen LogP contribution in [0.2, 0.25) is 0 Å². The fraction of sp³-hybridized carbons (Fsp3) is 0.333. The Kier molecular flexibility index (Phi) is 3.21. The summed E-state index contributed by atoms with van der Waals surface area (Å²) in [5, 5.41) is 0. The highest BCUT2D eigenvalue weighted by Gasteiger charge is 2.31. The van der Waals surface area contributed by atoms with Crippen molar-refractivity contribution in [1.82, 2.24) is 0 Å². The number of amides is 1. The van der Waals surface area contributed by atoms with Gasteiger partial charge in [-0.25, -0.2) is 8.42 Å². The summed E-state index contributed by atoms with van der Waals surface area (Å²) < 4.78 is 23.7. The fourth-order valence-corrected chi connectivity index (χ4v) is 3.38. The molecule has 0 N–H and O–H groups in total. The highest BCUT2D eigenvalue weighted by molar-refractivity contribution is 7.91. The summed E-state index contributed by atoms with van der Waals surface area (Å²) in [6.45, 7) is 1.44. The molecule has 6 heteroatoms. The smallest absolute Gasteiger partial charge is 0.234 e. The zero-order valence-electron chi connectivity index (χ0n) is 9.92. The van der Waals surface area contributed by atoms with Crippen LogP contribution in [0.3, 0.4) is 0 Å². The van der Waals surface area contributed by atoms with Gasteiger partial charge < -0.3 is 4.90 Å². The van der Waals surface area contributed by atoms with Gasteiger partial charge in [-0.1, -0.05) is 12.1 Å². The number of fused-ring (bicyclic) bond motifs is 1. The molecule has 0 fully saturated rings. The number of hydrogen-bond acceptors (Lipinski definition) is 4. The number of para-hydroxylation sites is 1. The van der Waals surface area contributed by atoms with Crippen LogP contribution in [0.1, 0.15) is 13.3 Å². The Morgan fingerprint density at radius 2 is 1.94 bits per heavy atom. The van der Waals surface area contributed by atoms with Crippen LogP contribution in [-0.4, -0.2) is 32.4 Å². The van der Waals surface area contributed by atoms with Gasteiger partial charge in [0, 0.05) is 6.54 Å². The Morgan fingerprint density at radius 1 is 1.28 bits per heavy atom. The molecule has 0 saturated heterocycles. The number of ketones is 1. The molecule has 0 aliphatic carbocycles. The van der Waals surface area contributed by atoms with E-state index in [0.717, 1.165) is 0 Å². The van der Waals surface area contributed by atoms with Crippen molar-refractivity contribution >= 4 is 27.2 Å². The SMILES string of the molecule is CC(=O)CC(=O)N1CCS(=O)(=O)c2ccccc21. The number of carbonyl (C=O) groups is 2. The number of benzene rings is 1. The number of sulfone groups is 1. The number of Topliss-reactive ketones (excluding diaryl/α,β-unsaturated/α-hetero) is 1. The van der Waals surface area contributed by atoms with E-state index in [9.17, 15) is 18.0 Å². The topological polar surface area (TPSA) is 71.5 Å². The summed E-state index contributed by atoms with van der Waals surface area (Å²) in [7, 11) is -3.32. The summed E-state index contributed by atoms with van der Waals surface area (Å²) in [6.07, 6.45) is -0.200. The second kappa shape index (κ2) is 4.53. The fourth-order valence-electron chi connectivity index (χ4n) is 1.95. The van der Waals surface area contributed by atoms with Crippen LogP contribution in [0.25, 0.3) is 0 Å². The molecule has 1 aliphatic heterocycles. The van der Waals surface area contributed by atoms with Gasteiger partial charge in [0.05, 0.1) is 22.8 Å².